The van der Waals surface area contributed by atoms with E-state index in [0.717, 1.165) is 20.1 Å². The number of hydrogen-bond donors (Lipinski definition) is 2. The van der Waals surface area contributed by atoms with Crippen LogP contribution in [-0.2, 0) is 0 Å². The van der Waals surface area contributed by atoms with Gasteiger partial charge in [-0.3, -0.25) is 5.10 Å². The average molecular weight is 299 g/mol. The van der Waals surface area contributed by atoms with Crippen molar-refractivity contribution in [2.45, 2.75) is 23.0 Å². The van der Waals surface area contributed by atoms with Gasteiger partial charge in [0.1, 0.15) is 6.33 Å². The van der Waals surface area contributed by atoms with Crippen LogP contribution >= 0.6 is 27.7 Å². The van der Waals surface area contributed by atoms with E-state index in [1.54, 1.807) is 0 Å². The van der Waals surface area contributed by atoms with Crippen LogP contribution in [0.3, 0.4) is 0 Å². The van der Waals surface area contributed by atoms with Crippen molar-refractivity contribution in [1.82, 2.24) is 15.2 Å². The summed E-state index contributed by atoms with van der Waals surface area (Å²) in [5, 5.41) is 7.38. The molecule has 0 bridgehead atoms. The first-order chi connectivity index (χ1) is 7.66. The maximum Gasteiger partial charge on any atom is 0.188 e. The fourth-order valence-corrected chi connectivity index (χ4v) is 2.92. The summed E-state index contributed by atoms with van der Waals surface area (Å²) in [6.45, 7) is 1.96. The minimum atomic E-state index is 0.0266. The minimum Gasteiger partial charge on any atom is -0.324 e. The molecule has 0 aliphatic carbocycles. The molecule has 0 saturated carbocycles. The number of hydrogen-bond acceptors (Lipinski definition) is 4. The van der Waals surface area contributed by atoms with E-state index in [1.807, 2.05) is 25.1 Å². The van der Waals surface area contributed by atoms with Gasteiger partial charge in [-0.15, -0.1) is 0 Å². The van der Waals surface area contributed by atoms with Crippen LogP contribution < -0.4 is 5.73 Å². The van der Waals surface area contributed by atoms with E-state index in [4.69, 9.17) is 5.73 Å². The number of benzene rings is 1. The SMILES string of the molecule is C[C@H](N)c1ccc(Sc2ncn[nH]2)cc1Br. The second-order valence-corrected chi connectivity index (χ2v) is 5.28. The van der Waals surface area contributed by atoms with Crippen molar-refractivity contribution in [3.05, 3.63) is 34.6 Å². The Kier molecular flexibility index (Phi) is 3.63. The lowest BCUT2D eigenvalue weighted by atomic mass is 10.1. The number of halogens is 1. The molecule has 0 unspecified atom stereocenters. The highest BCUT2D eigenvalue weighted by Gasteiger charge is 2.07. The van der Waals surface area contributed by atoms with Gasteiger partial charge in [-0.2, -0.15) is 5.10 Å². The number of aromatic amines is 1. The van der Waals surface area contributed by atoms with E-state index in [1.165, 1.54) is 18.1 Å². The highest BCUT2D eigenvalue weighted by Crippen LogP contribution is 2.30. The zero-order valence-electron chi connectivity index (χ0n) is 8.64. The summed E-state index contributed by atoms with van der Waals surface area (Å²) in [7, 11) is 0. The van der Waals surface area contributed by atoms with E-state index in [9.17, 15) is 0 Å². The van der Waals surface area contributed by atoms with Crippen molar-refractivity contribution in [3.63, 3.8) is 0 Å². The normalized spacial score (nSPS) is 12.7. The molecule has 2 aromatic rings. The second-order valence-electron chi connectivity index (χ2n) is 3.36. The van der Waals surface area contributed by atoms with E-state index in [2.05, 4.69) is 31.1 Å². The van der Waals surface area contributed by atoms with E-state index < -0.39 is 0 Å². The molecule has 84 valence electrons. The molecular formula is C10H11BrN4S. The molecule has 1 heterocycles. The molecule has 0 fully saturated rings. The Labute approximate surface area is 106 Å². The Bertz CT molecular complexity index is 470. The zero-order valence-corrected chi connectivity index (χ0v) is 11.0. The molecule has 4 nitrogen and oxygen atoms in total. The number of nitrogens with two attached hydrogens (primary N) is 1. The number of rotatable bonds is 3. The first-order valence-corrected chi connectivity index (χ1v) is 6.36. The van der Waals surface area contributed by atoms with Gasteiger partial charge < -0.3 is 5.73 Å². The van der Waals surface area contributed by atoms with Crippen molar-refractivity contribution >= 4 is 27.7 Å². The van der Waals surface area contributed by atoms with Crippen LogP contribution in [0.15, 0.2) is 39.1 Å². The van der Waals surface area contributed by atoms with Crippen LogP contribution in [0.4, 0.5) is 0 Å². The fraction of sp³-hybridized carbons (Fsp3) is 0.200. The van der Waals surface area contributed by atoms with Gasteiger partial charge in [0.05, 0.1) is 0 Å². The Morgan fingerprint density at radius 2 is 2.31 bits per heavy atom. The quantitative estimate of drug-likeness (QED) is 0.914. The van der Waals surface area contributed by atoms with Gasteiger partial charge >= 0.3 is 0 Å². The van der Waals surface area contributed by atoms with Crippen LogP contribution in [0.1, 0.15) is 18.5 Å². The number of aromatic nitrogens is 3. The van der Waals surface area contributed by atoms with E-state index >= 15 is 0 Å². The molecule has 0 spiro atoms. The fourth-order valence-electron chi connectivity index (χ4n) is 1.30. The predicted octanol–water partition coefficient (Wildman–Crippen LogP) is 2.74. The minimum absolute atomic E-state index is 0.0266. The second kappa shape index (κ2) is 4.99. The Hall–Kier alpha value is -0.850. The van der Waals surface area contributed by atoms with E-state index in [0.29, 0.717) is 0 Å². The summed E-state index contributed by atoms with van der Waals surface area (Å²) in [6, 6.07) is 6.11. The number of nitrogens with one attached hydrogen (secondary N) is 1. The monoisotopic (exact) mass is 298 g/mol. The van der Waals surface area contributed by atoms with Crippen molar-refractivity contribution in [3.8, 4) is 0 Å². The van der Waals surface area contributed by atoms with E-state index in [-0.39, 0.29) is 6.04 Å². The highest BCUT2D eigenvalue weighted by molar-refractivity contribution is 9.10. The average Bonchev–Trinajstić information content (AvgIpc) is 2.70. The lowest BCUT2D eigenvalue weighted by molar-refractivity contribution is 0.811. The molecular weight excluding hydrogens is 288 g/mol. The van der Waals surface area contributed by atoms with Gasteiger partial charge in [0, 0.05) is 15.4 Å². The molecule has 0 amide bonds. The van der Waals surface area contributed by atoms with Crippen molar-refractivity contribution in [1.29, 1.82) is 0 Å². The molecule has 6 heteroatoms. The molecule has 16 heavy (non-hydrogen) atoms. The Balaban J connectivity index is 2.21. The molecule has 1 atom stereocenters. The van der Waals surface area contributed by atoms with Crippen LogP contribution in [-0.4, -0.2) is 15.2 Å². The first kappa shape index (κ1) is 11.6. The van der Waals surface area contributed by atoms with Crippen molar-refractivity contribution in [2.75, 3.05) is 0 Å². The summed E-state index contributed by atoms with van der Waals surface area (Å²) in [5.74, 6) is 0. The Morgan fingerprint density at radius 3 is 2.88 bits per heavy atom. The van der Waals surface area contributed by atoms with Crippen molar-refractivity contribution in [2.24, 2.45) is 5.73 Å². The lowest BCUT2D eigenvalue weighted by Gasteiger charge is -2.09. The van der Waals surface area contributed by atoms with Gasteiger partial charge in [-0.05, 0) is 24.6 Å². The molecule has 2 rings (SSSR count). The standard InChI is InChI=1S/C10H11BrN4S/c1-6(12)8-3-2-7(4-9(8)11)16-10-13-5-14-15-10/h2-6H,12H2,1H3,(H,13,14,15)/t6-/m0/s1. The number of H-pyrrole nitrogens is 1. The van der Waals surface area contributed by atoms with Gasteiger partial charge in [-0.25, -0.2) is 4.98 Å². The highest BCUT2D eigenvalue weighted by atomic mass is 79.9. The maximum absolute atomic E-state index is 5.84. The molecule has 0 aliphatic heterocycles. The third-order valence-corrected chi connectivity index (χ3v) is 3.64. The van der Waals surface area contributed by atoms with Crippen molar-refractivity contribution < 1.29 is 0 Å². The summed E-state index contributed by atoms with van der Waals surface area (Å²) in [5.41, 5.74) is 6.93. The lowest BCUT2D eigenvalue weighted by Crippen LogP contribution is -2.05. The molecule has 0 saturated heterocycles. The summed E-state index contributed by atoms with van der Waals surface area (Å²) in [6.07, 6.45) is 1.49. The molecule has 0 radical (unpaired) electrons. The summed E-state index contributed by atoms with van der Waals surface area (Å²) < 4.78 is 1.02. The molecule has 0 aliphatic rings. The van der Waals surface area contributed by atoms with Gasteiger partial charge in [0.25, 0.3) is 0 Å². The van der Waals surface area contributed by atoms with Crippen LogP contribution in [0.2, 0.25) is 0 Å². The predicted molar refractivity (Wildman–Crippen MR) is 67.3 cm³/mol. The third kappa shape index (κ3) is 2.63. The molecule has 1 aromatic heterocycles. The molecule has 1 aromatic carbocycles. The Morgan fingerprint density at radius 1 is 1.50 bits per heavy atom. The zero-order chi connectivity index (χ0) is 11.5. The van der Waals surface area contributed by atoms with Gasteiger partial charge in [-0.1, -0.05) is 33.8 Å². The van der Waals surface area contributed by atoms with Crippen LogP contribution in [0, 0.1) is 0 Å². The smallest absolute Gasteiger partial charge is 0.188 e. The number of nitrogens with zero attached hydrogens (tertiary/aromatic N) is 2. The van der Waals surface area contributed by atoms with Gasteiger partial charge in [0.2, 0.25) is 0 Å². The summed E-state index contributed by atoms with van der Waals surface area (Å²) >= 11 is 5.04. The summed E-state index contributed by atoms with van der Waals surface area (Å²) in [4.78, 5) is 5.15. The first-order valence-electron chi connectivity index (χ1n) is 4.75. The largest absolute Gasteiger partial charge is 0.324 e. The van der Waals surface area contributed by atoms with Gasteiger partial charge in [0.15, 0.2) is 5.16 Å². The molecule has 3 N–H and O–H groups in total. The van der Waals surface area contributed by atoms with Crippen LogP contribution in [0.5, 0.6) is 0 Å². The maximum atomic E-state index is 5.84. The topological polar surface area (TPSA) is 67.6 Å². The van der Waals surface area contributed by atoms with Crippen LogP contribution in [0.25, 0.3) is 0 Å². The third-order valence-electron chi connectivity index (χ3n) is 2.07.